The molecule has 7 nitrogen and oxygen atoms in total. The van der Waals surface area contributed by atoms with Gasteiger partial charge in [0, 0.05) is 28.1 Å². The number of amides is 1. The number of benzene rings is 2. The van der Waals surface area contributed by atoms with Gasteiger partial charge >= 0.3 is 0 Å². The largest absolute Gasteiger partial charge is 0.272 e. The molecule has 9 heteroatoms. The molecule has 0 fully saturated rings. The minimum Gasteiger partial charge on any atom is -0.272 e. The van der Waals surface area contributed by atoms with Gasteiger partial charge in [0.1, 0.15) is 0 Å². The van der Waals surface area contributed by atoms with Crippen molar-refractivity contribution < 1.29 is 4.79 Å². The standard InChI is InChI=1S/C26H25BrN6OS/c1-26(2,3)20-6-4-18(5-7-20)16-29-30-23(34)17-35-25-32-31-24(19-12-14-28-15-13-19)33(25)22-10-8-21(27)9-11-22/h4-16H,17H2,1-3H3,(H,30,34)/b29-16+. The molecular weight excluding hydrogens is 524 g/mol. The van der Waals surface area contributed by atoms with Gasteiger partial charge in [-0.15, -0.1) is 10.2 Å². The first-order valence-corrected chi connectivity index (χ1v) is 12.8. The Morgan fingerprint density at radius 1 is 1.03 bits per heavy atom. The van der Waals surface area contributed by atoms with Gasteiger partial charge in [0.05, 0.1) is 12.0 Å². The van der Waals surface area contributed by atoms with Crippen LogP contribution in [0.4, 0.5) is 0 Å². The smallest absolute Gasteiger partial charge is 0.250 e. The van der Waals surface area contributed by atoms with Crippen LogP contribution in [0.2, 0.25) is 0 Å². The highest BCUT2D eigenvalue weighted by Crippen LogP contribution is 2.28. The SMILES string of the molecule is CC(C)(C)c1ccc(/C=N/NC(=O)CSc2nnc(-c3ccncc3)n2-c2ccc(Br)cc2)cc1. The van der Waals surface area contributed by atoms with Gasteiger partial charge in [-0.25, -0.2) is 5.43 Å². The maximum Gasteiger partial charge on any atom is 0.250 e. The fourth-order valence-corrected chi connectivity index (χ4v) is 4.29. The van der Waals surface area contributed by atoms with Gasteiger partial charge in [-0.2, -0.15) is 5.10 Å². The van der Waals surface area contributed by atoms with Gasteiger partial charge in [0.15, 0.2) is 11.0 Å². The number of rotatable bonds is 7. The monoisotopic (exact) mass is 548 g/mol. The van der Waals surface area contributed by atoms with E-state index in [1.165, 1.54) is 17.3 Å². The minimum atomic E-state index is -0.228. The van der Waals surface area contributed by atoms with Crippen LogP contribution in [-0.4, -0.2) is 37.6 Å². The van der Waals surface area contributed by atoms with E-state index in [0.29, 0.717) is 11.0 Å². The van der Waals surface area contributed by atoms with E-state index in [1.54, 1.807) is 18.6 Å². The highest BCUT2D eigenvalue weighted by Gasteiger charge is 2.17. The van der Waals surface area contributed by atoms with E-state index < -0.39 is 0 Å². The summed E-state index contributed by atoms with van der Waals surface area (Å²) in [4.78, 5) is 16.5. The summed E-state index contributed by atoms with van der Waals surface area (Å²) in [6.45, 7) is 6.52. The first-order chi connectivity index (χ1) is 16.8. The van der Waals surface area contributed by atoms with E-state index in [9.17, 15) is 4.79 Å². The summed E-state index contributed by atoms with van der Waals surface area (Å²) in [6, 6.07) is 19.7. The molecule has 0 unspecified atom stereocenters. The van der Waals surface area contributed by atoms with Crippen LogP contribution in [0.1, 0.15) is 31.9 Å². The Kier molecular flexibility index (Phi) is 7.77. The zero-order valence-corrected chi connectivity index (χ0v) is 22.0. The van der Waals surface area contributed by atoms with Gasteiger partial charge in [-0.05, 0) is 52.9 Å². The maximum absolute atomic E-state index is 12.4. The number of hydrogen-bond donors (Lipinski definition) is 1. The molecule has 4 aromatic rings. The van der Waals surface area contributed by atoms with Crippen LogP contribution in [0, 0.1) is 0 Å². The van der Waals surface area contributed by atoms with Crippen molar-refractivity contribution in [1.82, 2.24) is 25.2 Å². The Morgan fingerprint density at radius 3 is 2.37 bits per heavy atom. The van der Waals surface area contributed by atoms with Crippen molar-refractivity contribution in [2.75, 3.05) is 5.75 Å². The van der Waals surface area contributed by atoms with Gasteiger partial charge in [0.2, 0.25) is 0 Å². The lowest BCUT2D eigenvalue weighted by molar-refractivity contribution is -0.118. The first kappa shape index (κ1) is 24.8. The zero-order valence-electron chi connectivity index (χ0n) is 19.6. The lowest BCUT2D eigenvalue weighted by atomic mass is 9.87. The molecule has 0 aliphatic carbocycles. The van der Waals surface area contributed by atoms with Crippen molar-refractivity contribution in [3.8, 4) is 17.1 Å². The zero-order chi connectivity index (χ0) is 24.8. The van der Waals surface area contributed by atoms with Crippen LogP contribution in [0.5, 0.6) is 0 Å². The number of carbonyl (C=O) groups excluding carboxylic acids is 1. The molecule has 0 aliphatic heterocycles. The second kappa shape index (κ2) is 11.0. The number of pyridine rings is 1. The Morgan fingerprint density at radius 2 is 1.71 bits per heavy atom. The Hall–Kier alpha value is -3.30. The van der Waals surface area contributed by atoms with Crippen LogP contribution >= 0.6 is 27.7 Å². The number of carbonyl (C=O) groups is 1. The molecule has 178 valence electrons. The Labute approximate surface area is 217 Å². The molecule has 0 atom stereocenters. The highest BCUT2D eigenvalue weighted by molar-refractivity contribution is 9.10. The molecule has 1 N–H and O–H groups in total. The average Bonchev–Trinajstić information content (AvgIpc) is 3.27. The second-order valence-corrected chi connectivity index (χ2v) is 10.7. The normalized spacial score (nSPS) is 11.7. The fraction of sp³-hybridized carbons (Fsp3) is 0.192. The van der Waals surface area contributed by atoms with Gasteiger partial charge < -0.3 is 0 Å². The quantitative estimate of drug-likeness (QED) is 0.184. The third kappa shape index (κ3) is 6.43. The number of nitrogens with one attached hydrogen (secondary N) is 1. The molecule has 35 heavy (non-hydrogen) atoms. The number of hydrogen-bond acceptors (Lipinski definition) is 6. The molecule has 2 heterocycles. The maximum atomic E-state index is 12.4. The van der Waals surface area contributed by atoms with Crippen LogP contribution < -0.4 is 5.43 Å². The number of thioether (sulfide) groups is 1. The van der Waals surface area contributed by atoms with Gasteiger partial charge in [-0.3, -0.25) is 14.3 Å². The molecule has 4 rings (SSSR count). The minimum absolute atomic E-state index is 0.0924. The van der Waals surface area contributed by atoms with E-state index in [2.05, 4.69) is 74.5 Å². The van der Waals surface area contributed by atoms with Crippen molar-refractivity contribution in [2.45, 2.75) is 31.3 Å². The van der Waals surface area contributed by atoms with E-state index >= 15 is 0 Å². The molecular formula is C26H25BrN6OS. The third-order valence-corrected chi connectivity index (χ3v) is 6.63. The van der Waals surface area contributed by atoms with E-state index in [0.717, 1.165) is 21.3 Å². The van der Waals surface area contributed by atoms with Crippen LogP contribution in [0.3, 0.4) is 0 Å². The topological polar surface area (TPSA) is 85.1 Å². The Bertz CT molecular complexity index is 1310. The van der Waals surface area contributed by atoms with Crippen molar-refractivity contribution in [3.63, 3.8) is 0 Å². The van der Waals surface area contributed by atoms with Gasteiger partial charge in [0.25, 0.3) is 5.91 Å². The predicted octanol–water partition coefficient (Wildman–Crippen LogP) is 5.63. The number of nitrogens with zero attached hydrogens (tertiary/aromatic N) is 5. The summed E-state index contributed by atoms with van der Waals surface area (Å²) in [5, 5.41) is 13.4. The van der Waals surface area contributed by atoms with Crippen LogP contribution in [0.15, 0.2) is 87.8 Å². The van der Waals surface area contributed by atoms with Crippen LogP contribution in [-0.2, 0) is 10.2 Å². The van der Waals surface area contributed by atoms with Crippen molar-refractivity contribution in [2.24, 2.45) is 5.10 Å². The third-order valence-electron chi connectivity index (χ3n) is 5.17. The molecule has 2 aromatic carbocycles. The van der Waals surface area contributed by atoms with Crippen molar-refractivity contribution in [3.05, 3.63) is 88.7 Å². The molecule has 0 aliphatic rings. The van der Waals surface area contributed by atoms with Crippen molar-refractivity contribution >= 4 is 39.8 Å². The van der Waals surface area contributed by atoms with Crippen LogP contribution in [0.25, 0.3) is 17.1 Å². The number of aromatic nitrogens is 4. The summed E-state index contributed by atoms with van der Waals surface area (Å²) in [6.07, 6.45) is 5.07. The molecule has 0 saturated carbocycles. The molecule has 0 bridgehead atoms. The lowest BCUT2D eigenvalue weighted by Crippen LogP contribution is -2.20. The summed E-state index contributed by atoms with van der Waals surface area (Å²) in [7, 11) is 0. The summed E-state index contributed by atoms with van der Waals surface area (Å²) in [5.41, 5.74) is 6.62. The summed E-state index contributed by atoms with van der Waals surface area (Å²) < 4.78 is 2.90. The Balaban J connectivity index is 1.44. The number of hydrazone groups is 1. The lowest BCUT2D eigenvalue weighted by Gasteiger charge is -2.18. The average molecular weight is 549 g/mol. The fourth-order valence-electron chi connectivity index (χ4n) is 3.28. The van der Waals surface area contributed by atoms with Gasteiger partial charge in [-0.1, -0.05) is 72.7 Å². The highest BCUT2D eigenvalue weighted by atomic mass is 79.9. The predicted molar refractivity (Wildman–Crippen MR) is 144 cm³/mol. The summed E-state index contributed by atoms with van der Waals surface area (Å²) in [5.74, 6) is 0.591. The molecule has 1 amide bonds. The number of halogens is 1. The van der Waals surface area contributed by atoms with E-state index in [1.807, 2.05) is 53.1 Å². The summed E-state index contributed by atoms with van der Waals surface area (Å²) >= 11 is 4.77. The van der Waals surface area contributed by atoms with E-state index in [4.69, 9.17) is 0 Å². The molecule has 0 radical (unpaired) electrons. The first-order valence-electron chi connectivity index (χ1n) is 11.0. The van der Waals surface area contributed by atoms with Crippen molar-refractivity contribution in [1.29, 1.82) is 0 Å². The van der Waals surface area contributed by atoms with E-state index in [-0.39, 0.29) is 17.1 Å². The molecule has 2 aromatic heterocycles. The molecule has 0 saturated heterocycles. The molecule has 0 spiro atoms. The second-order valence-electron chi connectivity index (χ2n) is 8.81.